The molecule has 1 aliphatic rings. The molecule has 0 aliphatic carbocycles. The molecule has 4 nitrogen and oxygen atoms in total. The monoisotopic (exact) mass is 295 g/mol. The number of hydrogen-bond acceptors (Lipinski definition) is 3. The largest absolute Gasteiger partial charge is 0.349 e. The number of nitrogens with one attached hydrogen (secondary N) is 1. The number of benzene rings is 1. The van der Waals surface area contributed by atoms with Crippen LogP contribution in [0.4, 0.5) is 0 Å². The summed E-state index contributed by atoms with van der Waals surface area (Å²) in [4.78, 5) is 12.2. The molecule has 1 aromatic rings. The van der Waals surface area contributed by atoms with Crippen LogP contribution in [0, 0.1) is 12.8 Å². The summed E-state index contributed by atoms with van der Waals surface area (Å²) in [6.45, 7) is 4.03. The maximum absolute atomic E-state index is 12.2. The SMILES string of the molecule is CC[C@@H](NC(=O)[C@@H]1CCS(=O)(=O)C1)c1ccc(C)cc1. The Bertz CT molecular complexity index is 578. The van der Waals surface area contributed by atoms with Gasteiger partial charge in [0.1, 0.15) is 0 Å². The molecular weight excluding hydrogens is 274 g/mol. The summed E-state index contributed by atoms with van der Waals surface area (Å²) in [5.41, 5.74) is 2.24. The van der Waals surface area contributed by atoms with E-state index in [1.807, 2.05) is 38.1 Å². The maximum Gasteiger partial charge on any atom is 0.224 e. The van der Waals surface area contributed by atoms with Gasteiger partial charge in [-0.1, -0.05) is 36.8 Å². The Morgan fingerprint density at radius 3 is 2.50 bits per heavy atom. The Hall–Kier alpha value is -1.36. The van der Waals surface area contributed by atoms with Crippen molar-refractivity contribution < 1.29 is 13.2 Å². The molecule has 0 bridgehead atoms. The van der Waals surface area contributed by atoms with E-state index in [1.54, 1.807) is 0 Å². The van der Waals surface area contributed by atoms with Gasteiger partial charge in [-0.05, 0) is 25.3 Å². The normalized spacial score (nSPS) is 22.4. The topological polar surface area (TPSA) is 63.2 Å². The Morgan fingerprint density at radius 2 is 2.00 bits per heavy atom. The molecule has 1 heterocycles. The highest BCUT2D eigenvalue weighted by Gasteiger charge is 2.33. The van der Waals surface area contributed by atoms with Gasteiger partial charge < -0.3 is 5.32 Å². The molecule has 0 spiro atoms. The van der Waals surface area contributed by atoms with Gasteiger partial charge in [0, 0.05) is 0 Å². The van der Waals surface area contributed by atoms with Crippen LogP contribution in [0.25, 0.3) is 0 Å². The first-order valence-corrected chi connectivity index (χ1v) is 8.81. The Balaban J connectivity index is 2.03. The van der Waals surface area contributed by atoms with Crippen molar-refractivity contribution in [3.63, 3.8) is 0 Å². The third-order valence-electron chi connectivity index (χ3n) is 3.81. The van der Waals surface area contributed by atoms with Crippen LogP contribution in [0.2, 0.25) is 0 Å². The van der Waals surface area contributed by atoms with Gasteiger partial charge in [-0.25, -0.2) is 8.42 Å². The minimum absolute atomic E-state index is 0.0107. The number of carbonyl (C=O) groups excluding carboxylic acids is 1. The molecule has 2 atom stereocenters. The average Bonchev–Trinajstić information content (AvgIpc) is 2.77. The van der Waals surface area contributed by atoms with E-state index < -0.39 is 9.84 Å². The van der Waals surface area contributed by atoms with Gasteiger partial charge in [0.15, 0.2) is 9.84 Å². The molecular formula is C15H21NO3S. The van der Waals surface area contributed by atoms with Crippen LogP contribution in [0.1, 0.15) is 36.9 Å². The molecule has 0 saturated carbocycles. The second kappa shape index (κ2) is 5.95. The highest BCUT2D eigenvalue weighted by Crippen LogP contribution is 2.22. The second-order valence-corrected chi connectivity index (χ2v) is 7.71. The van der Waals surface area contributed by atoms with E-state index in [2.05, 4.69) is 5.32 Å². The summed E-state index contributed by atoms with van der Waals surface area (Å²) in [6, 6.07) is 8.00. The lowest BCUT2D eigenvalue weighted by Crippen LogP contribution is -2.34. The Labute approximate surface area is 120 Å². The standard InChI is InChI=1S/C15H21NO3S/c1-3-14(12-6-4-11(2)5-7-12)16-15(17)13-8-9-20(18,19)10-13/h4-7,13-14H,3,8-10H2,1-2H3,(H,16,17)/t13-,14-/m1/s1. The summed E-state index contributed by atoms with van der Waals surface area (Å²) in [6.07, 6.45) is 1.23. The zero-order valence-electron chi connectivity index (χ0n) is 11.9. The van der Waals surface area contributed by atoms with Crippen molar-refractivity contribution in [2.45, 2.75) is 32.7 Å². The molecule has 1 aliphatic heterocycles. The lowest BCUT2D eigenvalue weighted by atomic mass is 10.0. The quantitative estimate of drug-likeness (QED) is 0.924. The van der Waals surface area contributed by atoms with Gasteiger partial charge in [0.2, 0.25) is 5.91 Å². The van der Waals surface area contributed by atoms with Gasteiger partial charge in [-0.15, -0.1) is 0 Å². The van der Waals surface area contributed by atoms with Gasteiger partial charge in [0.25, 0.3) is 0 Å². The molecule has 0 unspecified atom stereocenters. The zero-order chi connectivity index (χ0) is 14.8. The van der Waals surface area contributed by atoms with Crippen molar-refractivity contribution in [1.29, 1.82) is 0 Å². The van der Waals surface area contributed by atoms with Crippen molar-refractivity contribution in [3.05, 3.63) is 35.4 Å². The van der Waals surface area contributed by atoms with Crippen molar-refractivity contribution in [1.82, 2.24) is 5.32 Å². The third kappa shape index (κ3) is 3.60. The molecule has 5 heteroatoms. The van der Waals surface area contributed by atoms with Crippen LogP contribution in [0.5, 0.6) is 0 Å². The summed E-state index contributed by atoms with van der Waals surface area (Å²) < 4.78 is 22.9. The molecule has 110 valence electrons. The fraction of sp³-hybridized carbons (Fsp3) is 0.533. The van der Waals surface area contributed by atoms with E-state index in [1.165, 1.54) is 5.56 Å². The first-order valence-electron chi connectivity index (χ1n) is 6.98. The van der Waals surface area contributed by atoms with Crippen molar-refractivity contribution >= 4 is 15.7 Å². The van der Waals surface area contributed by atoms with E-state index in [9.17, 15) is 13.2 Å². The predicted molar refractivity (Wildman–Crippen MR) is 79.1 cm³/mol. The number of carbonyl (C=O) groups is 1. The molecule has 1 fully saturated rings. The Kier molecular flexibility index (Phi) is 4.48. The number of sulfone groups is 1. The van der Waals surface area contributed by atoms with Gasteiger partial charge in [-0.2, -0.15) is 0 Å². The lowest BCUT2D eigenvalue weighted by molar-refractivity contribution is -0.125. The second-order valence-electron chi connectivity index (χ2n) is 5.48. The van der Waals surface area contributed by atoms with Crippen molar-refractivity contribution in [3.8, 4) is 0 Å². The summed E-state index contributed by atoms with van der Waals surface area (Å²) in [5, 5.41) is 2.98. The van der Waals surface area contributed by atoms with Gasteiger partial charge in [-0.3, -0.25) is 4.79 Å². The minimum atomic E-state index is -3.01. The predicted octanol–water partition coefficient (Wildman–Crippen LogP) is 2.00. The van der Waals surface area contributed by atoms with Crippen molar-refractivity contribution in [2.24, 2.45) is 5.92 Å². The number of hydrogen-bond donors (Lipinski definition) is 1. The van der Waals surface area contributed by atoms with E-state index in [-0.39, 0.29) is 29.4 Å². The first kappa shape index (κ1) is 15.0. The molecule has 20 heavy (non-hydrogen) atoms. The number of amides is 1. The molecule has 1 N–H and O–H groups in total. The van der Waals surface area contributed by atoms with Gasteiger partial charge in [0.05, 0.1) is 23.5 Å². The van der Waals surface area contributed by atoms with Crippen LogP contribution in [0.3, 0.4) is 0 Å². The van der Waals surface area contributed by atoms with Crippen molar-refractivity contribution in [2.75, 3.05) is 11.5 Å². The fourth-order valence-electron chi connectivity index (χ4n) is 2.51. The van der Waals surface area contributed by atoms with Crippen LogP contribution >= 0.6 is 0 Å². The maximum atomic E-state index is 12.2. The Morgan fingerprint density at radius 1 is 1.35 bits per heavy atom. The minimum Gasteiger partial charge on any atom is -0.349 e. The molecule has 2 rings (SSSR count). The van der Waals surface area contributed by atoms with E-state index in [4.69, 9.17) is 0 Å². The fourth-order valence-corrected chi connectivity index (χ4v) is 4.25. The van der Waals surface area contributed by atoms with E-state index in [0.717, 1.165) is 12.0 Å². The smallest absolute Gasteiger partial charge is 0.224 e. The molecule has 1 saturated heterocycles. The first-order chi connectivity index (χ1) is 9.41. The molecule has 1 aromatic carbocycles. The van der Waals surface area contributed by atoms with E-state index >= 15 is 0 Å². The average molecular weight is 295 g/mol. The summed E-state index contributed by atoms with van der Waals surface area (Å²) in [7, 11) is -3.01. The molecule has 0 aromatic heterocycles. The molecule has 0 radical (unpaired) electrons. The van der Waals surface area contributed by atoms with Crippen LogP contribution in [-0.2, 0) is 14.6 Å². The van der Waals surface area contributed by atoms with Crippen LogP contribution in [-0.4, -0.2) is 25.8 Å². The summed E-state index contributed by atoms with van der Waals surface area (Å²) >= 11 is 0. The van der Waals surface area contributed by atoms with Gasteiger partial charge >= 0.3 is 0 Å². The van der Waals surface area contributed by atoms with Crippen LogP contribution in [0.15, 0.2) is 24.3 Å². The molecule has 1 amide bonds. The highest BCUT2D eigenvalue weighted by atomic mass is 32.2. The summed E-state index contributed by atoms with van der Waals surface area (Å²) in [5.74, 6) is -0.409. The third-order valence-corrected chi connectivity index (χ3v) is 5.58. The lowest BCUT2D eigenvalue weighted by Gasteiger charge is -2.19. The van der Waals surface area contributed by atoms with Crippen LogP contribution < -0.4 is 5.32 Å². The highest BCUT2D eigenvalue weighted by molar-refractivity contribution is 7.91. The number of aryl methyl sites for hydroxylation is 1. The number of rotatable bonds is 4. The zero-order valence-corrected chi connectivity index (χ0v) is 12.7. The van der Waals surface area contributed by atoms with E-state index in [0.29, 0.717) is 6.42 Å².